The molecule has 4 nitrogen and oxygen atoms in total. The van der Waals surface area contributed by atoms with Gasteiger partial charge in [0, 0.05) is 10.7 Å². The van der Waals surface area contributed by atoms with Gasteiger partial charge in [-0.3, -0.25) is 0 Å². The predicted molar refractivity (Wildman–Crippen MR) is 68.1 cm³/mol. The van der Waals surface area contributed by atoms with E-state index in [-0.39, 0.29) is 11.7 Å². The van der Waals surface area contributed by atoms with Gasteiger partial charge in [-0.2, -0.15) is 0 Å². The Kier molecular flexibility index (Phi) is 5.01. The highest BCUT2D eigenvalue weighted by Gasteiger charge is 2.14. The third kappa shape index (κ3) is 3.64. The molecule has 1 atom stereocenters. The third-order valence-electron chi connectivity index (χ3n) is 1.90. The molecule has 1 rings (SSSR count). The topological polar surface area (TPSA) is 55.8 Å². The van der Waals surface area contributed by atoms with E-state index in [0.717, 1.165) is 3.57 Å². The van der Waals surface area contributed by atoms with Gasteiger partial charge in [0.2, 0.25) is 0 Å². The van der Waals surface area contributed by atoms with E-state index in [1.54, 1.807) is 19.2 Å². The van der Waals surface area contributed by atoms with Gasteiger partial charge in [0.05, 0.1) is 6.61 Å². The maximum Gasteiger partial charge on any atom is 0.339 e. The number of rotatable bonds is 5. The van der Waals surface area contributed by atoms with Crippen LogP contribution in [-0.2, 0) is 4.74 Å². The van der Waals surface area contributed by atoms with E-state index < -0.39 is 5.97 Å². The number of ether oxygens (including phenoxy) is 2. The Labute approximate surface area is 108 Å². The molecule has 0 saturated carbocycles. The molecule has 0 amide bonds. The zero-order valence-corrected chi connectivity index (χ0v) is 11.2. The van der Waals surface area contributed by atoms with Crippen molar-refractivity contribution >= 4 is 28.6 Å². The van der Waals surface area contributed by atoms with Crippen molar-refractivity contribution in [2.45, 2.75) is 13.0 Å². The summed E-state index contributed by atoms with van der Waals surface area (Å²) in [6.45, 7) is 2.25. The molecule has 88 valence electrons. The summed E-state index contributed by atoms with van der Waals surface area (Å²) in [5.74, 6) is -0.615. The van der Waals surface area contributed by atoms with Gasteiger partial charge in [0.25, 0.3) is 0 Å². The first-order chi connectivity index (χ1) is 7.54. The summed E-state index contributed by atoms with van der Waals surface area (Å²) < 4.78 is 11.3. The van der Waals surface area contributed by atoms with Gasteiger partial charge in [0.15, 0.2) is 0 Å². The summed E-state index contributed by atoms with van der Waals surface area (Å²) in [6, 6.07) is 5.05. The van der Waals surface area contributed by atoms with Gasteiger partial charge in [0.1, 0.15) is 17.4 Å². The summed E-state index contributed by atoms with van der Waals surface area (Å²) in [7, 11) is 1.58. The largest absolute Gasteiger partial charge is 0.487 e. The molecule has 1 aromatic carbocycles. The van der Waals surface area contributed by atoms with Gasteiger partial charge < -0.3 is 14.6 Å². The second kappa shape index (κ2) is 6.05. The Balaban J connectivity index is 2.90. The van der Waals surface area contributed by atoms with Gasteiger partial charge in [-0.05, 0) is 47.7 Å². The van der Waals surface area contributed by atoms with Crippen molar-refractivity contribution in [1.29, 1.82) is 0 Å². The lowest BCUT2D eigenvalue weighted by Crippen LogP contribution is -2.19. The number of methoxy groups -OCH3 is 1. The first-order valence-electron chi connectivity index (χ1n) is 4.73. The van der Waals surface area contributed by atoms with Crippen LogP contribution in [-0.4, -0.2) is 30.9 Å². The summed E-state index contributed by atoms with van der Waals surface area (Å²) in [4.78, 5) is 11.0. The lowest BCUT2D eigenvalue weighted by molar-refractivity contribution is 0.0673. The fourth-order valence-corrected chi connectivity index (χ4v) is 1.75. The maximum atomic E-state index is 11.0. The normalized spacial score (nSPS) is 12.2. The highest BCUT2D eigenvalue weighted by atomic mass is 127. The Hall–Kier alpha value is -0.820. The van der Waals surface area contributed by atoms with Crippen molar-refractivity contribution in [3.05, 3.63) is 27.3 Å². The van der Waals surface area contributed by atoms with E-state index in [0.29, 0.717) is 12.4 Å². The molecule has 0 aliphatic rings. The summed E-state index contributed by atoms with van der Waals surface area (Å²) in [5.41, 5.74) is 0.176. The average molecular weight is 336 g/mol. The van der Waals surface area contributed by atoms with Crippen LogP contribution < -0.4 is 4.74 Å². The van der Waals surface area contributed by atoms with Crippen LogP contribution in [0.15, 0.2) is 18.2 Å². The van der Waals surface area contributed by atoms with Crippen LogP contribution in [0.2, 0.25) is 0 Å². The number of carboxylic acids is 1. The van der Waals surface area contributed by atoms with Crippen LogP contribution in [0.5, 0.6) is 5.75 Å². The van der Waals surface area contributed by atoms with Crippen LogP contribution in [0, 0.1) is 3.57 Å². The quantitative estimate of drug-likeness (QED) is 0.839. The van der Waals surface area contributed by atoms with Crippen molar-refractivity contribution in [2.75, 3.05) is 13.7 Å². The minimum Gasteiger partial charge on any atom is -0.487 e. The van der Waals surface area contributed by atoms with Crippen LogP contribution in [0.1, 0.15) is 17.3 Å². The molecule has 1 aromatic rings. The summed E-state index contributed by atoms with van der Waals surface area (Å²) in [6.07, 6.45) is -0.178. The summed E-state index contributed by atoms with van der Waals surface area (Å²) in [5, 5.41) is 9.02. The van der Waals surface area contributed by atoms with Crippen molar-refractivity contribution in [3.63, 3.8) is 0 Å². The van der Waals surface area contributed by atoms with Crippen LogP contribution in [0.25, 0.3) is 0 Å². The van der Waals surface area contributed by atoms with Crippen molar-refractivity contribution in [1.82, 2.24) is 0 Å². The lowest BCUT2D eigenvalue weighted by atomic mass is 10.2. The highest BCUT2D eigenvalue weighted by molar-refractivity contribution is 14.1. The van der Waals surface area contributed by atoms with E-state index >= 15 is 0 Å². The average Bonchev–Trinajstić information content (AvgIpc) is 2.20. The van der Waals surface area contributed by atoms with Gasteiger partial charge in [-0.1, -0.05) is 0 Å². The Bertz CT molecular complexity index is 378. The molecule has 0 heterocycles. The molecule has 0 aliphatic carbocycles. The SMILES string of the molecule is COCC(C)Oc1ccc(I)cc1C(=O)O. The maximum absolute atomic E-state index is 11.0. The van der Waals surface area contributed by atoms with Crippen LogP contribution >= 0.6 is 22.6 Å². The molecule has 5 heteroatoms. The molecular weight excluding hydrogens is 323 g/mol. The first-order valence-corrected chi connectivity index (χ1v) is 5.81. The minimum atomic E-state index is -0.988. The molecule has 0 fully saturated rings. The number of carboxylic acid groups (broad SMARTS) is 1. The number of hydrogen-bond acceptors (Lipinski definition) is 3. The molecule has 1 unspecified atom stereocenters. The number of aromatic carboxylic acids is 1. The Morgan fingerprint density at radius 1 is 1.56 bits per heavy atom. The van der Waals surface area contributed by atoms with Gasteiger partial charge in [-0.25, -0.2) is 4.79 Å². The van der Waals surface area contributed by atoms with Crippen LogP contribution in [0.3, 0.4) is 0 Å². The molecule has 0 bridgehead atoms. The monoisotopic (exact) mass is 336 g/mol. The molecule has 0 spiro atoms. The van der Waals surface area contributed by atoms with E-state index in [9.17, 15) is 4.79 Å². The molecule has 0 radical (unpaired) electrons. The highest BCUT2D eigenvalue weighted by Crippen LogP contribution is 2.22. The molecule has 0 aliphatic heterocycles. The van der Waals surface area contributed by atoms with Gasteiger partial charge >= 0.3 is 5.97 Å². The molecule has 0 saturated heterocycles. The van der Waals surface area contributed by atoms with E-state index in [2.05, 4.69) is 22.6 Å². The second-order valence-electron chi connectivity index (χ2n) is 3.33. The van der Waals surface area contributed by atoms with Crippen molar-refractivity contribution in [3.8, 4) is 5.75 Å². The van der Waals surface area contributed by atoms with E-state index in [1.807, 2.05) is 13.0 Å². The van der Waals surface area contributed by atoms with Gasteiger partial charge in [-0.15, -0.1) is 0 Å². The predicted octanol–water partition coefficient (Wildman–Crippen LogP) is 2.40. The molecular formula is C11H13IO4. The summed E-state index contributed by atoms with van der Waals surface area (Å²) >= 11 is 2.06. The number of benzene rings is 1. The third-order valence-corrected chi connectivity index (χ3v) is 2.57. The van der Waals surface area contributed by atoms with E-state index in [1.165, 1.54) is 0 Å². The van der Waals surface area contributed by atoms with Crippen LogP contribution in [0.4, 0.5) is 0 Å². The van der Waals surface area contributed by atoms with E-state index in [4.69, 9.17) is 14.6 Å². The minimum absolute atomic E-state index is 0.176. The smallest absolute Gasteiger partial charge is 0.339 e. The number of carbonyl (C=O) groups is 1. The molecule has 16 heavy (non-hydrogen) atoms. The van der Waals surface area contributed by atoms with Crippen molar-refractivity contribution in [2.24, 2.45) is 0 Å². The number of hydrogen-bond donors (Lipinski definition) is 1. The molecule has 1 N–H and O–H groups in total. The molecule has 0 aromatic heterocycles. The Morgan fingerprint density at radius 3 is 2.81 bits per heavy atom. The lowest BCUT2D eigenvalue weighted by Gasteiger charge is -2.15. The zero-order valence-electron chi connectivity index (χ0n) is 9.07. The first kappa shape index (κ1) is 13.2. The zero-order chi connectivity index (χ0) is 12.1. The number of halogens is 1. The second-order valence-corrected chi connectivity index (χ2v) is 4.58. The Morgan fingerprint density at radius 2 is 2.25 bits per heavy atom. The standard InChI is InChI=1S/C11H13IO4/c1-7(6-15-2)16-10-4-3-8(12)5-9(10)11(13)14/h3-5,7H,6H2,1-2H3,(H,13,14). The van der Waals surface area contributed by atoms with Crippen molar-refractivity contribution < 1.29 is 19.4 Å². The fraction of sp³-hybridized carbons (Fsp3) is 0.364. The fourth-order valence-electron chi connectivity index (χ4n) is 1.26.